The minimum absolute atomic E-state index is 0.0968. The average molecular weight is 273 g/mol. The summed E-state index contributed by atoms with van der Waals surface area (Å²) in [5, 5.41) is 10.8. The van der Waals surface area contributed by atoms with Crippen LogP contribution in [0.5, 0.6) is 5.75 Å². The molecule has 98 valence electrons. The fourth-order valence-electron chi connectivity index (χ4n) is 1.22. The van der Waals surface area contributed by atoms with Gasteiger partial charge in [0.25, 0.3) is 0 Å². The lowest BCUT2D eigenvalue weighted by atomic mass is 10.2. The van der Waals surface area contributed by atoms with Crippen molar-refractivity contribution in [3.05, 3.63) is 33.9 Å². The number of esters is 1. The van der Waals surface area contributed by atoms with Crippen LogP contribution in [0.25, 0.3) is 0 Å². The van der Waals surface area contributed by atoms with E-state index in [2.05, 4.69) is 0 Å². The molecule has 1 N–H and O–H groups in total. The molecule has 0 fully saturated rings. The van der Waals surface area contributed by atoms with Gasteiger partial charge in [0, 0.05) is 12.5 Å². The number of nitro benzene ring substituents is 1. The zero-order chi connectivity index (χ0) is 13.7. The van der Waals surface area contributed by atoms with Crippen LogP contribution in [0.15, 0.2) is 18.2 Å². The minimum atomic E-state index is -2.09. The third kappa shape index (κ3) is 3.90. The van der Waals surface area contributed by atoms with Gasteiger partial charge >= 0.3 is 11.7 Å². The Kier molecular flexibility index (Phi) is 4.93. The van der Waals surface area contributed by atoms with Crippen molar-refractivity contribution in [3.8, 4) is 5.75 Å². The van der Waals surface area contributed by atoms with Gasteiger partial charge in [-0.3, -0.25) is 14.9 Å². The first kappa shape index (κ1) is 14.3. The SMILES string of the molecule is CCC(=O)Oc1ccc(CS(=O)O)cc1[N+](=O)[O-]. The van der Waals surface area contributed by atoms with E-state index < -0.39 is 27.7 Å². The van der Waals surface area contributed by atoms with Crippen LogP contribution in [-0.2, 0) is 21.6 Å². The molecule has 0 saturated heterocycles. The molecular formula is C10H11NO6S. The molecule has 8 heteroatoms. The first-order valence-electron chi connectivity index (χ1n) is 4.99. The number of carbonyl (C=O) groups is 1. The predicted octanol–water partition coefficient (Wildman–Crippen LogP) is 1.63. The number of carbonyl (C=O) groups excluding carboxylic acids is 1. The highest BCUT2D eigenvalue weighted by atomic mass is 32.2. The molecule has 0 aliphatic rings. The van der Waals surface area contributed by atoms with Crippen molar-refractivity contribution in [3.63, 3.8) is 0 Å². The van der Waals surface area contributed by atoms with Crippen LogP contribution in [0, 0.1) is 10.1 Å². The molecule has 0 radical (unpaired) electrons. The molecule has 7 nitrogen and oxygen atoms in total. The van der Waals surface area contributed by atoms with Crippen molar-refractivity contribution >= 4 is 22.7 Å². The highest BCUT2D eigenvalue weighted by Crippen LogP contribution is 2.28. The third-order valence-electron chi connectivity index (χ3n) is 2.02. The summed E-state index contributed by atoms with van der Waals surface area (Å²) in [6.07, 6.45) is 0.0968. The second-order valence-corrected chi connectivity index (χ2v) is 4.28. The Balaban J connectivity index is 3.08. The molecule has 1 atom stereocenters. The highest BCUT2D eigenvalue weighted by molar-refractivity contribution is 7.78. The Hall–Kier alpha value is -1.80. The van der Waals surface area contributed by atoms with Crippen LogP contribution in [0.1, 0.15) is 18.9 Å². The molecule has 0 aromatic heterocycles. The molecule has 0 aliphatic carbocycles. The third-order valence-corrected chi connectivity index (χ3v) is 2.60. The van der Waals surface area contributed by atoms with Gasteiger partial charge in [0.1, 0.15) is 0 Å². The van der Waals surface area contributed by atoms with Gasteiger partial charge in [0.2, 0.25) is 5.75 Å². The average Bonchev–Trinajstić information content (AvgIpc) is 2.29. The second kappa shape index (κ2) is 6.22. The van der Waals surface area contributed by atoms with E-state index >= 15 is 0 Å². The Bertz CT molecular complexity index is 501. The Morgan fingerprint density at radius 3 is 2.72 bits per heavy atom. The van der Waals surface area contributed by atoms with Crippen molar-refractivity contribution in [2.75, 3.05) is 0 Å². The summed E-state index contributed by atoms with van der Waals surface area (Å²) in [6.45, 7) is 1.57. The van der Waals surface area contributed by atoms with Gasteiger partial charge in [-0.2, -0.15) is 0 Å². The number of nitrogens with zero attached hydrogens (tertiary/aromatic N) is 1. The molecule has 1 aromatic carbocycles. The molecule has 0 saturated carbocycles. The summed E-state index contributed by atoms with van der Waals surface area (Å²) in [4.78, 5) is 21.2. The summed E-state index contributed by atoms with van der Waals surface area (Å²) in [5.74, 6) is -0.973. The maximum atomic E-state index is 11.1. The molecule has 0 bridgehead atoms. The van der Waals surface area contributed by atoms with E-state index in [4.69, 9.17) is 9.29 Å². The van der Waals surface area contributed by atoms with Gasteiger partial charge < -0.3 is 9.29 Å². The van der Waals surface area contributed by atoms with Gasteiger partial charge in [0.05, 0.1) is 10.7 Å². The lowest BCUT2D eigenvalue weighted by molar-refractivity contribution is -0.385. The smallest absolute Gasteiger partial charge is 0.311 e. The van der Waals surface area contributed by atoms with Gasteiger partial charge in [-0.15, -0.1) is 0 Å². The molecule has 0 heterocycles. The fourth-order valence-corrected chi connectivity index (χ4v) is 1.68. The Labute approximate surface area is 105 Å². The topological polar surface area (TPSA) is 107 Å². The van der Waals surface area contributed by atoms with Crippen LogP contribution in [0.2, 0.25) is 0 Å². The van der Waals surface area contributed by atoms with Crippen molar-refractivity contribution in [1.29, 1.82) is 0 Å². The maximum absolute atomic E-state index is 11.1. The van der Waals surface area contributed by atoms with E-state index in [0.29, 0.717) is 5.56 Å². The van der Waals surface area contributed by atoms with E-state index in [1.54, 1.807) is 6.92 Å². The van der Waals surface area contributed by atoms with Crippen LogP contribution in [0.3, 0.4) is 0 Å². The molecule has 0 spiro atoms. The molecule has 1 rings (SSSR count). The zero-order valence-electron chi connectivity index (χ0n) is 9.49. The number of nitro groups is 1. The largest absolute Gasteiger partial charge is 0.419 e. The predicted molar refractivity (Wildman–Crippen MR) is 63.5 cm³/mol. The standard InChI is InChI=1S/C10H11NO6S/c1-2-10(12)17-9-4-3-7(6-18(15)16)5-8(9)11(13)14/h3-5H,2,6H2,1H3,(H,15,16). The number of hydrogen-bond acceptors (Lipinski definition) is 5. The second-order valence-electron chi connectivity index (χ2n) is 3.35. The van der Waals surface area contributed by atoms with Gasteiger partial charge in [-0.05, 0) is 11.6 Å². The summed E-state index contributed by atoms with van der Waals surface area (Å²) in [6, 6.07) is 3.76. The van der Waals surface area contributed by atoms with Crippen LogP contribution in [0.4, 0.5) is 5.69 Å². The zero-order valence-corrected chi connectivity index (χ0v) is 10.3. The van der Waals surface area contributed by atoms with Crippen molar-refractivity contribution in [2.45, 2.75) is 19.1 Å². The van der Waals surface area contributed by atoms with Crippen molar-refractivity contribution in [1.82, 2.24) is 0 Å². The summed E-state index contributed by atoms with van der Waals surface area (Å²) in [7, 11) is 0. The van der Waals surface area contributed by atoms with Crippen LogP contribution < -0.4 is 4.74 Å². The summed E-state index contributed by atoms with van der Waals surface area (Å²) in [5.41, 5.74) is -0.0846. The number of ether oxygens (including phenoxy) is 1. The molecular weight excluding hydrogens is 262 g/mol. The number of benzene rings is 1. The summed E-state index contributed by atoms with van der Waals surface area (Å²) >= 11 is -2.09. The quantitative estimate of drug-likeness (QED) is 0.287. The first-order valence-corrected chi connectivity index (χ1v) is 6.27. The van der Waals surface area contributed by atoms with Gasteiger partial charge in [0.15, 0.2) is 11.1 Å². The molecule has 18 heavy (non-hydrogen) atoms. The Morgan fingerprint density at radius 1 is 1.56 bits per heavy atom. The molecule has 1 aromatic rings. The highest BCUT2D eigenvalue weighted by Gasteiger charge is 2.18. The van der Waals surface area contributed by atoms with Crippen LogP contribution in [-0.4, -0.2) is 19.7 Å². The van der Waals surface area contributed by atoms with Crippen LogP contribution >= 0.6 is 0 Å². The maximum Gasteiger partial charge on any atom is 0.311 e. The van der Waals surface area contributed by atoms with Crippen molar-refractivity contribution < 1.29 is 23.2 Å². The fraction of sp³-hybridized carbons (Fsp3) is 0.300. The molecule has 0 aliphatic heterocycles. The normalized spacial score (nSPS) is 11.9. The molecule has 1 unspecified atom stereocenters. The van der Waals surface area contributed by atoms with E-state index in [1.807, 2.05) is 0 Å². The van der Waals surface area contributed by atoms with Gasteiger partial charge in [-0.1, -0.05) is 13.0 Å². The van der Waals surface area contributed by atoms with Gasteiger partial charge in [-0.25, -0.2) is 4.21 Å². The first-order chi connectivity index (χ1) is 8.43. The summed E-state index contributed by atoms with van der Waals surface area (Å²) < 4.78 is 24.1. The number of hydrogen-bond donors (Lipinski definition) is 1. The Morgan fingerprint density at radius 2 is 2.22 bits per heavy atom. The lowest BCUT2D eigenvalue weighted by Gasteiger charge is -2.05. The number of rotatable bonds is 5. The lowest BCUT2D eigenvalue weighted by Crippen LogP contribution is -2.07. The van der Waals surface area contributed by atoms with Crippen molar-refractivity contribution in [2.24, 2.45) is 0 Å². The monoisotopic (exact) mass is 273 g/mol. The van der Waals surface area contributed by atoms with E-state index in [-0.39, 0.29) is 17.9 Å². The minimum Gasteiger partial charge on any atom is -0.419 e. The van der Waals surface area contributed by atoms with E-state index in [9.17, 15) is 19.1 Å². The molecule has 0 amide bonds. The van der Waals surface area contributed by atoms with E-state index in [1.165, 1.54) is 12.1 Å². The van der Waals surface area contributed by atoms with E-state index in [0.717, 1.165) is 6.07 Å².